The van der Waals surface area contributed by atoms with Gasteiger partial charge in [0.05, 0.1) is 12.2 Å². The molecule has 0 aliphatic carbocycles. The number of aryl methyl sites for hydroxylation is 1. The summed E-state index contributed by atoms with van der Waals surface area (Å²) < 4.78 is 1.84. The molecule has 1 fully saturated rings. The van der Waals surface area contributed by atoms with Crippen molar-refractivity contribution in [2.75, 3.05) is 13.1 Å². The predicted octanol–water partition coefficient (Wildman–Crippen LogP) is 3.34. The SMILES string of the molecule is Cc1ccc(-c2ccc(C(=O)N3CC[C@@H](n4ccnn4)C3)cc2)cc1. The number of nitrogens with zero attached hydrogens (tertiary/aromatic N) is 4. The zero-order chi connectivity index (χ0) is 17.2. The van der Waals surface area contributed by atoms with Crippen LogP contribution in [0.25, 0.3) is 11.1 Å². The summed E-state index contributed by atoms with van der Waals surface area (Å²) in [5.74, 6) is 0.0815. The highest BCUT2D eigenvalue weighted by molar-refractivity contribution is 5.95. The third-order valence-electron chi connectivity index (χ3n) is 4.78. The van der Waals surface area contributed by atoms with E-state index in [2.05, 4.69) is 41.5 Å². The van der Waals surface area contributed by atoms with Crippen LogP contribution in [-0.4, -0.2) is 38.9 Å². The predicted molar refractivity (Wildman–Crippen MR) is 96.2 cm³/mol. The summed E-state index contributed by atoms with van der Waals surface area (Å²) in [6.45, 7) is 3.51. The van der Waals surface area contributed by atoms with Crippen LogP contribution in [0, 0.1) is 6.92 Å². The Labute approximate surface area is 146 Å². The van der Waals surface area contributed by atoms with E-state index in [0.29, 0.717) is 6.54 Å². The quantitative estimate of drug-likeness (QED) is 0.739. The summed E-state index contributed by atoms with van der Waals surface area (Å²) in [6, 6.07) is 16.5. The summed E-state index contributed by atoms with van der Waals surface area (Å²) in [6.07, 6.45) is 4.44. The van der Waals surface area contributed by atoms with Crippen molar-refractivity contribution >= 4 is 5.91 Å². The van der Waals surface area contributed by atoms with E-state index in [1.165, 1.54) is 5.56 Å². The first-order chi connectivity index (χ1) is 12.2. The Morgan fingerprint density at radius 2 is 1.72 bits per heavy atom. The molecule has 5 heteroatoms. The maximum absolute atomic E-state index is 12.7. The lowest BCUT2D eigenvalue weighted by Crippen LogP contribution is -2.29. The van der Waals surface area contributed by atoms with E-state index < -0.39 is 0 Å². The summed E-state index contributed by atoms with van der Waals surface area (Å²) in [5.41, 5.74) is 4.26. The van der Waals surface area contributed by atoms with E-state index in [4.69, 9.17) is 0 Å². The molecule has 4 rings (SSSR count). The van der Waals surface area contributed by atoms with Gasteiger partial charge in [0.15, 0.2) is 0 Å². The van der Waals surface area contributed by atoms with E-state index in [1.54, 1.807) is 6.20 Å². The number of carbonyl (C=O) groups is 1. The van der Waals surface area contributed by atoms with Crippen molar-refractivity contribution in [1.82, 2.24) is 19.9 Å². The number of likely N-dealkylation sites (tertiary alicyclic amines) is 1. The normalized spacial score (nSPS) is 17.0. The molecule has 1 aliphatic heterocycles. The number of amides is 1. The van der Waals surface area contributed by atoms with Gasteiger partial charge in [0.2, 0.25) is 0 Å². The summed E-state index contributed by atoms with van der Waals surface area (Å²) >= 11 is 0. The minimum absolute atomic E-state index is 0.0815. The molecular formula is C20H20N4O. The van der Waals surface area contributed by atoms with Crippen molar-refractivity contribution in [3.63, 3.8) is 0 Å². The van der Waals surface area contributed by atoms with Crippen LogP contribution >= 0.6 is 0 Å². The van der Waals surface area contributed by atoms with Gasteiger partial charge in [-0.15, -0.1) is 5.10 Å². The molecule has 1 saturated heterocycles. The highest BCUT2D eigenvalue weighted by Gasteiger charge is 2.28. The second-order valence-corrected chi connectivity index (χ2v) is 6.52. The summed E-state index contributed by atoms with van der Waals surface area (Å²) in [4.78, 5) is 14.6. The molecule has 5 nitrogen and oxygen atoms in total. The molecule has 1 atom stereocenters. The Morgan fingerprint density at radius 3 is 2.36 bits per heavy atom. The van der Waals surface area contributed by atoms with Gasteiger partial charge in [-0.25, -0.2) is 4.68 Å². The van der Waals surface area contributed by atoms with Crippen LogP contribution in [0.5, 0.6) is 0 Å². The molecule has 0 unspecified atom stereocenters. The van der Waals surface area contributed by atoms with Crippen LogP contribution in [-0.2, 0) is 0 Å². The molecule has 0 saturated carbocycles. The molecule has 0 radical (unpaired) electrons. The fraction of sp³-hybridized carbons (Fsp3) is 0.250. The molecule has 25 heavy (non-hydrogen) atoms. The molecule has 1 aliphatic rings. The maximum atomic E-state index is 12.7. The Hall–Kier alpha value is -2.95. The third-order valence-corrected chi connectivity index (χ3v) is 4.78. The zero-order valence-electron chi connectivity index (χ0n) is 14.2. The summed E-state index contributed by atoms with van der Waals surface area (Å²) in [5, 5.41) is 7.89. The first kappa shape index (κ1) is 15.6. The van der Waals surface area contributed by atoms with Gasteiger partial charge in [-0.2, -0.15) is 0 Å². The minimum Gasteiger partial charge on any atom is -0.336 e. The number of hydrogen-bond acceptors (Lipinski definition) is 3. The first-order valence-corrected chi connectivity index (χ1v) is 8.53. The van der Waals surface area contributed by atoms with Crippen molar-refractivity contribution < 1.29 is 4.79 Å². The molecule has 0 spiro atoms. The Kier molecular flexibility index (Phi) is 4.06. The van der Waals surface area contributed by atoms with E-state index in [9.17, 15) is 4.79 Å². The van der Waals surface area contributed by atoms with Crippen LogP contribution in [0.4, 0.5) is 0 Å². The van der Waals surface area contributed by atoms with E-state index in [-0.39, 0.29) is 11.9 Å². The molecule has 0 N–H and O–H groups in total. The lowest BCUT2D eigenvalue weighted by molar-refractivity contribution is 0.0787. The van der Waals surface area contributed by atoms with E-state index in [0.717, 1.165) is 29.7 Å². The van der Waals surface area contributed by atoms with Gasteiger partial charge < -0.3 is 4.90 Å². The highest BCUT2D eigenvalue weighted by Crippen LogP contribution is 2.24. The van der Waals surface area contributed by atoms with Crippen LogP contribution in [0.15, 0.2) is 60.9 Å². The lowest BCUT2D eigenvalue weighted by Gasteiger charge is -2.17. The van der Waals surface area contributed by atoms with Crippen LogP contribution < -0.4 is 0 Å². The minimum atomic E-state index is 0.0815. The van der Waals surface area contributed by atoms with Crippen LogP contribution in [0.2, 0.25) is 0 Å². The zero-order valence-corrected chi connectivity index (χ0v) is 14.2. The number of carbonyl (C=O) groups excluding carboxylic acids is 1. The van der Waals surface area contributed by atoms with Crippen LogP contribution in [0.1, 0.15) is 28.4 Å². The third kappa shape index (κ3) is 3.18. The number of benzene rings is 2. The Balaban J connectivity index is 1.47. The molecule has 126 valence electrons. The van der Waals surface area contributed by atoms with Gasteiger partial charge in [-0.1, -0.05) is 47.2 Å². The van der Waals surface area contributed by atoms with Crippen molar-refractivity contribution in [2.45, 2.75) is 19.4 Å². The largest absolute Gasteiger partial charge is 0.336 e. The monoisotopic (exact) mass is 332 g/mol. The smallest absolute Gasteiger partial charge is 0.253 e. The van der Waals surface area contributed by atoms with Gasteiger partial charge in [-0.3, -0.25) is 4.79 Å². The fourth-order valence-electron chi connectivity index (χ4n) is 3.29. The summed E-state index contributed by atoms with van der Waals surface area (Å²) in [7, 11) is 0. The van der Waals surface area contributed by atoms with Gasteiger partial charge in [0.1, 0.15) is 0 Å². The standard InChI is InChI=1S/C20H20N4O/c1-15-2-4-16(5-3-15)17-6-8-18(9-7-17)20(25)23-12-10-19(14-23)24-13-11-21-22-24/h2-9,11,13,19H,10,12,14H2,1H3/t19-/m1/s1. The Bertz CT molecular complexity index is 854. The maximum Gasteiger partial charge on any atom is 0.253 e. The molecule has 2 aromatic carbocycles. The second-order valence-electron chi connectivity index (χ2n) is 6.52. The molecule has 1 amide bonds. The van der Waals surface area contributed by atoms with E-state index in [1.807, 2.05) is 40.0 Å². The number of aromatic nitrogens is 3. The van der Waals surface area contributed by atoms with E-state index >= 15 is 0 Å². The van der Waals surface area contributed by atoms with Crippen molar-refractivity contribution in [3.8, 4) is 11.1 Å². The molecule has 2 heterocycles. The van der Waals surface area contributed by atoms with Gasteiger partial charge in [-0.05, 0) is 36.6 Å². The number of hydrogen-bond donors (Lipinski definition) is 0. The highest BCUT2D eigenvalue weighted by atomic mass is 16.2. The van der Waals surface area contributed by atoms with Crippen molar-refractivity contribution in [2.24, 2.45) is 0 Å². The Morgan fingerprint density at radius 1 is 1.04 bits per heavy atom. The van der Waals surface area contributed by atoms with Crippen molar-refractivity contribution in [1.29, 1.82) is 0 Å². The second kappa shape index (κ2) is 6.51. The van der Waals surface area contributed by atoms with Crippen molar-refractivity contribution in [3.05, 3.63) is 72.1 Å². The van der Waals surface area contributed by atoms with Gasteiger partial charge in [0.25, 0.3) is 5.91 Å². The molecular weight excluding hydrogens is 312 g/mol. The van der Waals surface area contributed by atoms with Crippen LogP contribution in [0.3, 0.4) is 0 Å². The number of rotatable bonds is 3. The first-order valence-electron chi connectivity index (χ1n) is 8.53. The topological polar surface area (TPSA) is 51.0 Å². The fourth-order valence-corrected chi connectivity index (χ4v) is 3.29. The average molecular weight is 332 g/mol. The average Bonchev–Trinajstić information content (AvgIpc) is 3.33. The lowest BCUT2D eigenvalue weighted by atomic mass is 10.0. The molecule has 1 aromatic heterocycles. The van der Waals surface area contributed by atoms with Gasteiger partial charge in [0, 0.05) is 24.8 Å². The molecule has 3 aromatic rings. The van der Waals surface area contributed by atoms with Gasteiger partial charge >= 0.3 is 0 Å². The molecule has 0 bridgehead atoms.